The predicted molar refractivity (Wildman–Crippen MR) is 83.4 cm³/mol. The van der Waals surface area contributed by atoms with E-state index < -0.39 is 0 Å². The van der Waals surface area contributed by atoms with Crippen molar-refractivity contribution in [2.45, 2.75) is 13.8 Å². The first-order valence-corrected chi connectivity index (χ1v) is 7.31. The molecule has 0 atom stereocenters. The number of benzene rings is 1. The van der Waals surface area contributed by atoms with E-state index in [2.05, 4.69) is 10.5 Å². The Balaban J connectivity index is 1.69. The van der Waals surface area contributed by atoms with Gasteiger partial charge in [-0.15, -0.1) is 0 Å². The van der Waals surface area contributed by atoms with Gasteiger partial charge < -0.3 is 19.5 Å². The molecule has 1 N–H and O–H groups in total. The van der Waals surface area contributed by atoms with Gasteiger partial charge in [0, 0.05) is 24.8 Å². The van der Waals surface area contributed by atoms with Crippen molar-refractivity contribution in [3.63, 3.8) is 0 Å². The Hall–Kier alpha value is -2.34. The van der Waals surface area contributed by atoms with Crippen LogP contribution >= 0.6 is 0 Å². The van der Waals surface area contributed by atoms with E-state index >= 15 is 0 Å². The Morgan fingerprint density at radius 3 is 2.68 bits per heavy atom. The van der Waals surface area contributed by atoms with Crippen LogP contribution < -0.4 is 10.2 Å². The number of nitrogens with zero attached hydrogens (tertiary/aromatic N) is 2. The number of aryl methyl sites for hydroxylation is 2. The molecule has 116 valence electrons. The van der Waals surface area contributed by atoms with Crippen LogP contribution in [-0.4, -0.2) is 37.4 Å². The smallest absolute Gasteiger partial charge is 0.277 e. The third kappa shape index (κ3) is 3.12. The highest BCUT2D eigenvalue weighted by atomic mass is 16.5. The molecule has 1 aliphatic heterocycles. The summed E-state index contributed by atoms with van der Waals surface area (Å²) in [6, 6.07) is 7.47. The van der Waals surface area contributed by atoms with Gasteiger partial charge in [0.15, 0.2) is 5.69 Å². The number of nitrogens with one attached hydrogen (secondary N) is 1. The topological polar surface area (TPSA) is 67.6 Å². The Labute approximate surface area is 129 Å². The zero-order valence-corrected chi connectivity index (χ0v) is 12.8. The molecular weight excluding hydrogens is 282 g/mol. The number of morpholine rings is 1. The second-order valence-electron chi connectivity index (χ2n) is 5.40. The largest absolute Gasteiger partial charge is 0.378 e. The average Bonchev–Trinajstić information content (AvgIpc) is 3.02. The second kappa shape index (κ2) is 6.19. The number of carbonyl (C=O) groups is 1. The molecule has 0 bridgehead atoms. The SMILES string of the molecule is Cc1ccc(NC(=O)c2cc(N3CCOCC3)on2)cc1C. The second-order valence-corrected chi connectivity index (χ2v) is 5.40. The average molecular weight is 301 g/mol. The van der Waals surface area contributed by atoms with E-state index in [1.54, 1.807) is 6.07 Å². The summed E-state index contributed by atoms with van der Waals surface area (Å²) in [7, 11) is 0. The van der Waals surface area contributed by atoms with Gasteiger partial charge in [-0.05, 0) is 37.1 Å². The fourth-order valence-electron chi connectivity index (χ4n) is 2.32. The molecule has 1 fully saturated rings. The number of hydrogen-bond acceptors (Lipinski definition) is 5. The summed E-state index contributed by atoms with van der Waals surface area (Å²) < 4.78 is 10.6. The minimum atomic E-state index is -0.272. The van der Waals surface area contributed by atoms with Crippen molar-refractivity contribution in [1.82, 2.24) is 5.16 Å². The quantitative estimate of drug-likeness (QED) is 0.942. The molecule has 1 aromatic carbocycles. The molecule has 22 heavy (non-hydrogen) atoms. The Morgan fingerprint density at radius 1 is 1.18 bits per heavy atom. The van der Waals surface area contributed by atoms with Crippen LogP contribution in [0.25, 0.3) is 0 Å². The van der Waals surface area contributed by atoms with Crippen molar-refractivity contribution in [3.8, 4) is 0 Å². The van der Waals surface area contributed by atoms with E-state index in [0.29, 0.717) is 19.1 Å². The van der Waals surface area contributed by atoms with Gasteiger partial charge in [-0.2, -0.15) is 0 Å². The lowest BCUT2D eigenvalue weighted by Crippen LogP contribution is -2.35. The summed E-state index contributed by atoms with van der Waals surface area (Å²) in [5.74, 6) is 0.333. The van der Waals surface area contributed by atoms with Crippen LogP contribution in [0.3, 0.4) is 0 Å². The first-order chi connectivity index (χ1) is 10.6. The maximum atomic E-state index is 12.2. The molecule has 0 saturated carbocycles. The fourth-order valence-corrected chi connectivity index (χ4v) is 2.32. The minimum Gasteiger partial charge on any atom is -0.378 e. The lowest BCUT2D eigenvalue weighted by Gasteiger charge is -2.25. The summed E-state index contributed by atoms with van der Waals surface area (Å²) in [5, 5.41) is 6.70. The normalized spacial score (nSPS) is 14.9. The van der Waals surface area contributed by atoms with E-state index in [1.165, 1.54) is 5.56 Å². The molecule has 0 radical (unpaired) electrons. The van der Waals surface area contributed by atoms with E-state index in [1.807, 2.05) is 36.9 Å². The molecule has 1 saturated heterocycles. The fraction of sp³-hybridized carbons (Fsp3) is 0.375. The third-order valence-corrected chi connectivity index (χ3v) is 3.82. The van der Waals surface area contributed by atoms with Gasteiger partial charge in [0.2, 0.25) is 5.88 Å². The van der Waals surface area contributed by atoms with Crippen molar-refractivity contribution in [3.05, 3.63) is 41.1 Å². The molecule has 1 amide bonds. The standard InChI is InChI=1S/C16H19N3O3/c1-11-3-4-13(9-12(11)2)17-16(20)14-10-15(22-18-14)19-5-7-21-8-6-19/h3-4,9-10H,5-8H2,1-2H3,(H,17,20). The van der Waals surface area contributed by atoms with Crippen LogP contribution in [0.4, 0.5) is 11.6 Å². The first kappa shape index (κ1) is 14.6. The Morgan fingerprint density at radius 2 is 1.95 bits per heavy atom. The Kier molecular flexibility index (Phi) is 4.11. The van der Waals surface area contributed by atoms with Crippen LogP contribution in [0, 0.1) is 13.8 Å². The van der Waals surface area contributed by atoms with Gasteiger partial charge in [0.25, 0.3) is 5.91 Å². The number of carbonyl (C=O) groups excluding carboxylic acids is 1. The molecule has 2 heterocycles. The highest BCUT2D eigenvalue weighted by Gasteiger charge is 2.19. The maximum Gasteiger partial charge on any atom is 0.277 e. The molecule has 0 aliphatic carbocycles. The predicted octanol–water partition coefficient (Wildman–Crippen LogP) is 2.38. The summed E-state index contributed by atoms with van der Waals surface area (Å²) >= 11 is 0. The molecule has 6 nitrogen and oxygen atoms in total. The number of rotatable bonds is 3. The number of aromatic nitrogens is 1. The van der Waals surface area contributed by atoms with Gasteiger partial charge in [0.05, 0.1) is 13.2 Å². The van der Waals surface area contributed by atoms with Gasteiger partial charge in [-0.3, -0.25) is 4.79 Å². The minimum absolute atomic E-state index is 0.272. The van der Waals surface area contributed by atoms with E-state index in [0.717, 1.165) is 24.3 Å². The number of amides is 1. The molecule has 2 aromatic rings. The summed E-state index contributed by atoms with van der Waals surface area (Å²) in [6.07, 6.45) is 0. The molecule has 0 unspecified atom stereocenters. The van der Waals surface area contributed by atoms with Gasteiger partial charge in [-0.1, -0.05) is 11.2 Å². The molecule has 1 aliphatic rings. The molecule has 0 spiro atoms. The third-order valence-electron chi connectivity index (χ3n) is 3.82. The van der Waals surface area contributed by atoms with Crippen molar-refractivity contribution < 1.29 is 14.1 Å². The van der Waals surface area contributed by atoms with Crippen LogP contribution in [0.5, 0.6) is 0 Å². The van der Waals surface area contributed by atoms with Crippen LogP contribution in [0.15, 0.2) is 28.8 Å². The monoisotopic (exact) mass is 301 g/mol. The van der Waals surface area contributed by atoms with Crippen LogP contribution in [0.2, 0.25) is 0 Å². The molecule has 3 rings (SSSR count). The molecule has 1 aromatic heterocycles. The van der Waals surface area contributed by atoms with Crippen molar-refractivity contribution in [1.29, 1.82) is 0 Å². The summed E-state index contributed by atoms with van der Waals surface area (Å²) in [5.41, 5.74) is 3.35. The van der Waals surface area contributed by atoms with Gasteiger partial charge in [0.1, 0.15) is 0 Å². The van der Waals surface area contributed by atoms with Crippen LogP contribution in [-0.2, 0) is 4.74 Å². The van der Waals surface area contributed by atoms with Gasteiger partial charge in [-0.25, -0.2) is 0 Å². The zero-order valence-electron chi connectivity index (χ0n) is 12.8. The van der Waals surface area contributed by atoms with Crippen molar-refractivity contribution in [2.24, 2.45) is 0 Å². The highest BCUT2D eigenvalue weighted by Crippen LogP contribution is 2.19. The zero-order chi connectivity index (χ0) is 15.5. The first-order valence-electron chi connectivity index (χ1n) is 7.31. The lowest BCUT2D eigenvalue weighted by molar-refractivity contribution is 0.101. The molecular formula is C16H19N3O3. The van der Waals surface area contributed by atoms with Crippen molar-refractivity contribution >= 4 is 17.5 Å². The van der Waals surface area contributed by atoms with Crippen molar-refractivity contribution in [2.75, 3.05) is 36.5 Å². The van der Waals surface area contributed by atoms with Gasteiger partial charge >= 0.3 is 0 Å². The number of hydrogen-bond donors (Lipinski definition) is 1. The summed E-state index contributed by atoms with van der Waals surface area (Å²) in [6.45, 7) is 6.85. The number of anilines is 2. The number of ether oxygens (including phenoxy) is 1. The van der Waals surface area contributed by atoms with E-state index in [4.69, 9.17) is 9.26 Å². The van der Waals surface area contributed by atoms with Crippen LogP contribution in [0.1, 0.15) is 21.6 Å². The molecule has 6 heteroatoms. The van der Waals surface area contributed by atoms with E-state index in [-0.39, 0.29) is 11.6 Å². The summed E-state index contributed by atoms with van der Waals surface area (Å²) in [4.78, 5) is 14.2. The Bertz CT molecular complexity index is 675. The lowest BCUT2D eigenvalue weighted by atomic mass is 10.1. The maximum absolute atomic E-state index is 12.2. The van der Waals surface area contributed by atoms with E-state index in [9.17, 15) is 4.79 Å². The highest BCUT2D eigenvalue weighted by molar-refractivity contribution is 6.03.